The van der Waals surface area contributed by atoms with Crippen molar-refractivity contribution in [3.05, 3.63) is 12.5 Å². The third-order valence-corrected chi connectivity index (χ3v) is 2.01. The molecule has 0 amide bonds. The van der Waals surface area contributed by atoms with Crippen LogP contribution in [0.15, 0.2) is 16.9 Å². The van der Waals surface area contributed by atoms with Gasteiger partial charge in [-0.25, -0.2) is 4.98 Å². The molecule has 74 valence electrons. The lowest BCUT2D eigenvalue weighted by Gasteiger charge is -2.30. The summed E-state index contributed by atoms with van der Waals surface area (Å²) in [5.74, 6) is 0. The number of hydrogen-bond acceptors (Lipinski definition) is 4. The molecule has 0 aliphatic heterocycles. The monoisotopic (exact) mass is 183 g/mol. The van der Waals surface area contributed by atoms with E-state index in [4.69, 9.17) is 10.2 Å². The van der Waals surface area contributed by atoms with Crippen LogP contribution in [0.2, 0.25) is 0 Å². The number of oxazole rings is 1. The minimum Gasteiger partial charge on any atom is -0.432 e. The fourth-order valence-electron chi connectivity index (χ4n) is 1.38. The molecule has 1 rings (SSSR count). The van der Waals surface area contributed by atoms with Crippen molar-refractivity contribution in [1.82, 2.24) is 4.98 Å². The summed E-state index contributed by atoms with van der Waals surface area (Å²) in [7, 11) is 0. The number of nitrogens with two attached hydrogens (primary N) is 1. The quantitative estimate of drug-likeness (QED) is 0.763. The maximum atomic E-state index is 5.61. The highest BCUT2D eigenvalue weighted by molar-refractivity contribution is 5.28. The van der Waals surface area contributed by atoms with Gasteiger partial charge in [0.15, 0.2) is 0 Å². The van der Waals surface area contributed by atoms with Gasteiger partial charge < -0.3 is 15.1 Å². The van der Waals surface area contributed by atoms with Gasteiger partial charge in [-0.1, -0.05) is 0 Å². The van der Waals surface area contributed by atoms with Gasteiger partial charge in [0.2, 0.25) is 0 Å². The normalized spacial score (nSPS) is 13.3. The van der Waals surface area contributed by atoms with Gasteiger partial charge in [-0.05, 0) is 20.8 Å². The maximum Gasteiger partial charge on any atom is 0.297 e. The molecule has 1 heterocycles. The summed E-state index contributed by atoms with van der Waals surface area (Å²) < 4.78 is 5.24. The van der Waals surface area contributed by atoms with E-state index in [0.717, 1.165) is 0 Å². The molecule has 0 bridgehead atoms. The van der Waals surface area contributed by atoms with Crippen molar-refractivity contribution in [2.45, 2.75) is 32.9 Å². The van der Waals surface area contributed by atoms with Gasteiger partial charge in [-0.15, -0.1) is 0 Å². The van der Waals surface area contributed by atoms with Gasteiger partial charge in [0.25, 0.3) is 6.01 Å². The molecule has 0 saturated heterocycles. The largest absolute Gasteiger partial charge is 0.432 e. The molecule has 4 heteroatoms. The zero-order chi connectivity index (χ0) is 9.84. The molecular weight excluding hydrogens is 166 g/mol. The Morgan fingerprint density at radius 2 is 2.23 bits per heavy atom. The molecule has 0 fully saturated rings. The lowest BCUT2D eigenvalue weighted by Crippen LogP contribution is -2.43. The lowest BCUT2D eigenvalue weighted by atomic mass is 10.2. The first kappa shape index (κ1) is 10.1. The van der Waals surface area contributed by atoms with Gasteiger partial charge in [0.1, 0.15) is 6.26 Å². The van der Waals surface area contributed by atoms with E-state index in [-0.39, 0.29) is 6.04 Å². The Labute approximate surface area is 78.7 Å². The van der Waals surface area contributed by atoms with Crippen LogP contribution in [0.25, 0.3) is 0 Å². The molecule has 13 heavy (non-hydrogen) atoms. The smallest absolute Gasteiger partial charge is 0.297 e. The highest BCUT2D eigenvalue weighted by Gasteiger charge is 2.19. The van der Waals surface area contributed by atoms with Gasteiger partial charge in [0.05, 0.1) is 6.20 Å². The predicted molar refractivity (Wildman–Crippen MR) is 52.6 cm³/mol. The zero-order valence-electron chi connectivity index (χ0n) is 8.40. The second-order valence-electron chi connectivity index (χ2n) is 3.40. The Morgan fingerprint density at radius 3 is 2.62 bits per heavy atom. The number of anilines is 1. The first-order valence-electron chi connectivity index (χ1n) is 4.54. The van der Waals surface area contributed by atoms with Crippen LogP contribution >= 0.6 is 0 Å². The molecule has 0 aromatic carbocycles. The highest BCUT2D eigenvalue weighted by Crippen LogP contribution is 2.16. The van der Waals surface area contributed by atoms with Crippen molar-refractivity contribution in [2.24, 2.45) is 5.73 Å². The minimum absolute atomic E-state index is 0.249. The van der Waals surface area contributed by atoms with Gasteiger partial charge in [-0.3, -0.25) is 0 Å². The molecule has 2 N–H and O–H groups in total. The van der Waals surface area contributed by atoms with E-state index in [9.17, 15) is 0 Å². The molecule has 0 spiro atoms. The van der Waals surface area contributed by atoms with Gasteiger partial charge in [-0.2, -0.15) is 0 Å². The first-order valence-corrected chi connectivity index (χ1v) is 4.54. The molecule has 1 unspecified atom stereocenters. The topological polar surface area (TPSA) is 55.3 Å². The molecule has 1 aromatic heterocycles. The van der Waals surface area contributed by atoms with E-state index in [1.54, 1.807) is 12.5 Å². The second-order valence-corrected chi connectivity index (χ2v) is 3.40. The van der Waals surface area contributed by atoms with Crippen LogP contribution in [-0.4, -0.2) is 23.6 Å². The average molecular weight is 183 g/mol. The SMILES string of the molecule is CC(C)N(c1ncco1)C(C)CN. The van der Waals surface area contributed by atoms with Crippen molar-refractivity contribution < 1.29 is 4.42 Å². The Kier molecular flexibility index (Phi) is 3.31. The van der Waals surface area contributed by atoms with E-state index < -0.39 is 0 Å². The first-order chi connectivity index (χ1) is 6.16. The van der Waals surface area contributed by atoms with Crippen LogP contribution in [0.5, 0.6) is 0 Å². The Hall–Kier alpha value is -1.03. The Morgan fingerprint density at radius 1 is 1.54 bits per heavy atom. The fourth-order valence-corrected chi connectivity index (χ4v) is 1.38. The standard InChI is InChI=1S/C9H17N3O/c1-7(2)12(8(3)6-10)9-11-4-5-13-9/h4-5,7-8H,6,10H2,1-3H3. The second kappa shape index (κ2) is 4.28. The lowest BCUT2D eigenvalue weighted by molar-refractivity contribution is 0.476. The third-order valence-electron chi connectivity index (χ3n) is 2.01. The van der Waals surface area contributed by atoms with Crippen LogP contribution in [0.1, 0.15) is 20.8 Å². The number of hydrogen-bond donors (Lipinski definition) is 1. The van der Waals surface area contributed by atoms with Crippen LogP contribution in [0, 0.1) is 0 Å². The van der Waals surface area contributed by atoms with E-state index >= 15 is 0 Å². The van der Waals surface area contributed by atoms with Crippen molar-refractivity contribution in [3.8, 4) is 0 Å². The summed E-state index contributed by atoms with van der Waals surface area (Å²) in [5.41, 5.74) is 5.61. The fraction of sp³-hybridized carbons (Fsp3) is 0.667. The number of rotatable bonds is 4. The molecule has 1 atom stereocenters. The summed E-state index contributed by atoms with van der Waals surface area (Å²) >= 11 is 0. The average Bonchev–Trinajstić information content (AvgIpc) is 2.56. The zero-order valence-corrected chi connectivity index (χ0v) is 8.40. The van der Waals surface area contributed by atoms with Crippen molar-refractivity contribution in [2.75, 3.05) is 11.4 Å². The summed E-state index contributed by atoms with van der Waals surface area (Å²) in [6, 6.07) is 1.24. The van der Waals surface area contributed by atoms with E-state index in [2.05, 4.69) is 30.7 Å². The van der Waals surface area contributed by atoms with E-state index in [0.29, 0.717) is 18.6 Å². The predicted octanol–water partition coefficient (Wildman–Crippen LogP) is 1.24. The Bertz CT molecular complexity index is 233. The van der Waals surface area contributed by atoms with Gasteiger partial charge in [0, 0.05) is 18.6 Å². The highest BCUT2D eigenvalue weighted by atomic mass is 16.4. The molecule has 4 nitrogen and oxygen atoms in total. The summed E-state index contributed by atoms with van der Waals surface area (Å²) in [4.78, 5) is 6.18. The van der Waals surface area contributed by atoms with Crippen molar-refractivity contribution >= 4 is 6.01 Å². The van der Waals surface area contributed by atoms with E-state index in [1.165, 1.54) is 0 Å². The molecule has 0 radical (unpaired) electrons. The molecular formula is C9H17N3O. The van der Waals surface area contributed by atoms with Crippen LogP contribution in [-0.2, 0) is 0 Å². The number of nitrogens with zero attached hydrogens (tertiary/aromatic N) is 2. The summed E-state index contributed by atoms with van der Waals surface area (Å²) in [5, 5.41) is 0. The van der Waals surface area contributed by atoms with Crippen LogP contribution < -0.4 is 10.6 Å². The van der Waals surface area contributed by atoms with E-state index in [1.807, 2.05) is 0 Å². The maximum absolute atomic E-state index is 5.61. The Balaban J connectivity index is 2.80. The van der Waals surface area contributed by atoms with Crippen molar-refractivity contribution in [3.63, 3.8) is 0 Å². The third kappa shape index (κ3) is 2.21. The molecule has 1 aromatic rings. The summed E-state index contributed by atoms with van der Waals surface area (Å²) in [6.07, 6.45) is 3.22. The number of aromatic nitrogens is 1. The summed E-state index contributed by atoms with van der Waals surface area (Å²) in [6.45, 7) is 6.84. The molecule has 0 aliphatic rings. The van der Waals surface area contributed by atoms with Gasteiger partial charge >= 0.3 is 0 Å². The minimum atomic E-state index is 0.249. The van der Waals surface area contributed by atoms with Crippen LogP contribution in [0.3, 0.4) is 0 Å². The van der Waals surface area contributed by atoms with Crippen molar-refractivity contribution in [1.29, 1.82) is 0 Å². The van der Waals surface area contributed by atoms with Crippen LogP contribution in [0.4, 0.5) is 6.01 Å². The molecule has 0 saturated carbocycles. The molecule has 0 aliphatic carbocycles.